The van der Waals surface area contributed by atoms with E-state index in [1.165, 1.54) is 0 Å². The Hall–Kier alpha value is -1.30. The molecule has 1 aliphatic heterocycles. The van der Waals surface area contributed by atoms with Crippen LogP contribution in [0.15, 0.2) is 18.2 Å². The second kappa shape index (κ2) is 9.07. The van der Waals surface area contributed by atoms with E-state index in [-0.39, 0.29) is 18.1 Å². The zero-order valence-corrected chi connectivity index (χ0v) is 17.0. The number of benzene rings is 1. The zero-order chi connectivity index (χ0) is 19.3. The van der Waals surface area contributed by atoms with Crippen LogP contribution >= 0.6 is 11.6 Å². The van der Waals surface area contributed by atoms with Crippen molar-refractivity contribution in [3.63, 3.8) is 0 Å². The summed E-state index contributed by atoms with van der Waals surface area (Å²) in [4.78, 5) is 14.5. The lowest BCUT2D eigenvalue weighted by molar-refractivity contribution is -0.123. The molecule has 0 saturated carbocycles. The van der Waals surface area contributed by atoms with E-state index >= 15 is 0 Å². The number of carbonyl (C=O) groups excluding carboxylic acids is 1. The van der Waals surface area contributed by atoms with Crippen LogP contribution in [0.5, 0.6) is 5.75 Å². The number of amides is 1. The summed E-state index contributed by atoms with van der Waals surface area (Å²) in [5, 5.41) is 13.5. The van der Waals surface area contributed by atoms with Crippen LogP contribution in [0.1, 0.15) is 52.5 Å². The van der Waals surface area contributed by atoms with Gasteiger partial charge in [-0.05, 0) is 65.2 Å². The van der Waals surface area contributed by atoms with Gasteiger partial charge in [-0.15, -0.1) is 0 Å². The third-order valence-electron chi connectivity index (χ3n) is 4.46. The molecule has 146 valence electrons. The first-order valence-electron chi connectivity index (χ1n) is 9.31. The summed E-state index contributed by atoms with van der Waals surface area (Å²) in [6.07, 6.45) is 2.47. The molecule has 0 fully saturated rings. The number of aliphatic hydroxyl groups is 1. The number of nitrogens with zero attached hydrogens (tertiary/aromatic N) is 1. The number of hydrogen-bond acceptors (Lipinski definition) is 4. The van der Waals surface area contributed by atoms with Crippen molar-refractivity contribution in [3.05, 3.63) is 28.8 Å². The molecule has 1 aliphatic rings. The Kier molecular flexibility index (Phi) is 7.33. The molecule has 0 saturated heterocycles. The fourth-order valence-electron chi connectivity index (χ4n) is 3.27. The van der Waals surface area contributed by atoms with E-state index in [0.29, 0.717) is 24.7 Å². The van der Waals surface area contributed by atoms with E-state index in [4.69, 9.17) is 16.3 Å². The molecule has 0 aromatic heterocycles. The van der Waals surface area contributed by atoms with Gasteiger partial charge in [0.1, 0.15) is 11.9 Å². The Bertz CT molecular complexity index is 616. The molecule has 0 unspecified atom stereocenters. The Labute approximate surface area is 161 Å². The van der Waals surface area contributed by atoms with Crippen LogP contribution < -0.4 is 10.1 Å². The first-order chi connectivity index (χ1) is 12.1. The van der Waals surface area contributed by atoms with Gasteiger partial charge in [-0.3, -0.25) is 9.69 Å². The maximum absolute atomic E-state index is 12.4. The molecular weight excluding hydrogens is 352 g/mol. The Morgan fingerprint density at radius 1 is 1.50 bits per heavy atom. The molecule has 1 amide bonds. The quantitative estimate of drug-likeness (QED) is 0.759. The highest BCUT2D eigenvalue weighted by Crippen LogP contribution is 2.27. The average Bonchev–Trinajstić information content (AvgIpc) is 2.62. The van der Waals surface area contributed by atoms with Gasteiger partial charge in [0.25, 0.3) is 0 Å². The number of hydrogen-bond donors (Lipinski definition) is 2. The number of rotatable bonds is 7. The highest BCUT2D eigenvalue weighted by Gasteiger charge is 2.22. The zero-order valence-electron chi connectivity index (χ0n) is 16.2. The molecule has 2 N–H and O–H groups in total. The molecule has 6 heteroatoms. The van der Waals surface area contributed by atoms with Gasteiger partial charge in [0, 0.05) is 29.7 Å². The van der Waals surface area contributed by atoms with Gasteiger partial charge in [0.2, 0.25) is 5.91 Å². The lowest BCUT2D eigenvalue weighted by Crippen LogP contribution is -2.42. The summed E-state index contributed by atoms with van der Waals surface area (Å²) in [5.74, 6) is 0.850. The van der Waals surface area contributed by atoms with E-state index in [1.54, 1.807) is 0 Å². The minimum Gasteiger partial charge on any atom is -0.489 e. The molecule has 1 aromatic rings. The maximum Gasteiger partial charge on any atom is 0.234 e. The predicted molar refractivity (Wildman–Crippen MR) is 105 cm³/mol. The molecule has 0 spiro atoms. The summed E-state index contributed by atoms with van der Waals surface area (Å²) in [6.45, 7) is 9.29. The normalized spacial score (nSPS) is 19.2. The number of fused-ring (bicyclic) bond motifs is 1. The van der Waals surface area contributed by atoms with Crippen LogP contribution in [0, 0.1) is 0 Å². The smallest absolute Gasteiger partial charge is 0.234 e. The van der Waals surface area contributed by atoms with E-state index in [9.17, 15) is 9.90 Å². The van der Waals surface area contributed by atoms with Gasteiger partial charge in [-0.1, -0.05) is 11.6 Å². The summed E-state index contributed by atoms with van der Waals surface area (Å²) in [7, 11) is 0. The Balaban J connectivity index is 1.86. The molecule has 0 aliphatic carbocycles. The van der Waals surface area contributed by atoms with Crippen LogP contribution in [-0.4, -0.2) is 46.7 Å². The molecule has 1 aromatic carbocycles. The lowest BCUT2D eigenvalue weighted by Gasteiger charge is -2.23. The van der Waals surface area contributed by atoms with Gasteiger partial charge < -0.3 is 15.2 Å². The monoisotopic (exact) mass is 382 g/mol. The molecular formula is C20H31ClN2O3. The minimum atomic E-state index is -0.652. The number of nitrogens with one attached hydrogen (secondary N) is 1. The predicted octanol–water partition coefficient (Wildman–Crippen LogP) is 3.37. The van der Waals surface area contributed by atoms with Crippen LogP contribution in [0.3, 0.4) is 0 Å². The molecule has 2 atom stereocenters. The Morgan fingerprint density at radius 2 is 2.23 bits per heavy atom. The van der Waals surface area contributed by atoms with Gasteiger partial charge in [0.05, 0.1) is 12.1 Å². The van der Waals surface area contributed by atoms with Crippen molar-refractivity contribution in [2.45, 2.75) is 71.2 Å². The summed E-state index contributed by atoms with van der Waals surface area (Å²) in [5.41, 5.74) is 0.355. The number of halogens is 1. The SMILES string of the molecule is C[C@H](CCCC(C)(C)O)NC(=O)CN1Cc2cc(Cl)ccc2O[C@H](C)C1. The van der Waals surface area contributed by atoms with Crippen molar-refractivity contribution in [2.75, 3.05) is 13.1 Å². The molecule has 0 bridgehead atoms. The standard InChI is InChI=1S/C20H31ClN2O3/c1-14(6-5-9-20(3,4)25)22-19(24)13-23-11-15(2)26-18-8-7-17(21)10-16(18)12-23/h7-8,10,14-15,25H,5-6,9,11-13H2,1-4H3,(H,22,24)/t14-,15-/m1/s1. The Morgan fingerprint density at radius 3 is 2.92 bits per heavy atom. The van der Waals surface area contributed by atoms with Crippen molar-refractivity contribution >= 4 is 17.5 Å². The average molecular weight is 383 g/mol. The van der Waals surface area contributed by atoms with Gasteiger partial charge in [-0.25, -0.2) is 0 Å². The molecule has 5 nitrogen and oxygen atoms in total. The third kappa shape index (κ3) is 7.14. The van der Waals surface area contributed by atoms with E-state index in [1.807, 2.05) is 45.9 Å². The number of ether oxygens (including phenoxy) is 1. The fraction of sp³-hybridized carbons (Fsp3) is 0.650. The summed E-state index contributed by atoms with van der Waals surface area (Å²) >= 11 is 6.10. The minimum absolute atomic E-state index is 0.00874. The first kappa shape index (κ1) is 21.0. The largest absolute Gasteiger partial charge is 0.489 e. The van der Waals surface area contributed by atoms with Crippen molar-refractivity contribution in [1.29, 1.82) is 0 Å². The van der Waals surface area contributed by atoms with Gasteiger partial charge >= 0.3 is 0 Å². The van der Waals surface area contributed by atoms with Crippen LogP contribution in [0.4, 0.5) is 0 Å². The third-order valence-corrected chi connectivity index (χ3v) is 4.70. The van der Waals surface area contributed by atoms with E-state index in [0.717, 1.165) is 30.6 Å². The van der Waals surface area contributed by atoms with Crippen LogP contribution in [-0.2, 0) is 11.3 Å². The second-order valence-corrected chi connectivity index (χ2v) is 8.46. The van der Waals surface area contributed by atoms with E-state index < -0.39 is 5.60 Å². The first-order valence-corrected chi connectivity index (χ1v) is 9.69. The summed E-state index contributed by atoms with van der Waals surface area (Å²) in [6, 6.07) is 5.71. The van der Waals surface area contributed by atoms with Crippen molar-refractivity contribution < 1.29 is 14.6 Å². The highest BCUT2D eigenvalue weighted by atomic mass is 35.5. The number of carbonyl (C=O) groups is 1. The highest BCUT2D eigenvalue weighted by molar-refractivity contribution is 6.30. The van der Waals surface area contributed by atoms with Gasteiger partial charge in [0.15, 0.2) is 0 Å². The summed E-state index contributed by atoms with van der Waals surface area (Å²) < 4.78 is 5.93. The van der Waals surface area contributed by atoms with Crippen molar-refractivity contribution in [3.8, 4) is 5.75 Å². The topological polar surface area (TPSA) is 61.8 Å². The van der Waals surface area contributed by atoms with Crippen LogP contribution in [0.2, 0.25) is 5.02 Å². The van der Waals surface area contributed by atoms with E-state index in [2.05, 4.69) is 10.2 Å². The van der Waals surface area contributed by atoms with Gasteiger partial charge in [-0.2, -0.15) is 0 Å². The lowest BCUT2D eigenvalue weighted by atomic mass is 10.00. The van der Waals surface area contributed by atoms with Crippen molar-refractivity contribution in [2.24, 2.45) is 0 Å². The second-order valence-electron chi connectivity index (χ2n) is 8.02. The molecule has 26 heavy (non-hydrogen) atoms. The fourth-order valence-corrected chi connectivity index (χ4v) is 3.46. The molecule has 2 rings (SSSR count). The molecule has 1 heterocycles. The van der Waals surface area contributed by atoms with Crippen LogP contribution in [0.25, 0.3) is 0 Å². The maximum atomic E-state index is 12.4. The van der Waals surface area contributed by atoms with Crippen molar-refractivity contribution in [1.82, 2.24) is 10.2 Å². The molecule has 0 radical (unpaired) electrons.